The van der Waals surface area contributed by atoms with Crippen LogP contribution in [0.5, 0.6) is 11.5 Å². The fourth-order valence-corrected chi connectivity index (χ4v) is 4.10. The first kappa shape index (κ1) is 23.1. The van der Waals surface area contributed by atoms with E-state index in [4.69, 9.17) is 9.47 Å². The second-order valence-electron chi connectivity index (χ2n) is 8.08. The van der Waals surface area contributed by atoms with Crippen molar-refractivity contribution < 1.29 is 19.4 Å². The molecule has 31 heavy (non-hydrogen) atoms. The van der Waals surface area contributed by atoms with Crippen molar-refractivity contribution in [3.8, 4) is 11.5 Å². The van der Waals surface area contributed by atoms with E-state index < -0.39 is 0 Å². The third-order valence-corrected chi connectivity index (χ3v) is 5.75. The van der Waals surface area contributed by atoms with Gasteiger partial charge in [-0.25, -0.2) is 0 Å². The number of nitrogens with one attached hydrogen (secondary N) is 1. The molecule has 0 aromatic heterocycles. The maximum Gasteiger partial charge on any atom is 0.234 e. The summed E-state index contributed by atoms with van der Waals surface area (Å²) in [5, 5.41) is 12.9. The zero-order valence-electron chi connectivity index (χ0n) is 18.5. The van der Waals surface area contributed by atoms with Gasteiger partial charge in [0.05, 0.1) is 26.4 Å². The van der Waals surface area contributed by atoms with E-state index >= 15 is 0 Å². The molecule has 2 aromatic rings. The Labute approximate surface area is 185 Å². The number of nitrogens with zero attached hydrogens (tertiary/aromatic N) is 1. The van der Waals surface area contributed by atoms with Crippen LogP contribution < -0.4 is 14.8 Å². The molecule has 168 valence electrons. The number of aliphatic hydroxyl groups excluding tert-OH is 1. The summed E-state index contributed by atoms with van der Waals surface area (Å²) in [4.78, 5) is 15.0. The van der Waals surface area contributed by atoms with Crippen molar-refractivity contribution >= 4 is 5.91 Å². The van der Waals surface area contributed by atoms with Crippen molar-refractivity contribution in [3.63, 3.8) is 0 Å². The predicted octanol–water partition coefficient (Wildman–Crippen LogP) is 3.52. The quantitative estimate of drug-likeness (QED) is 0.608. The number of amides is 1. The molecule has 0 unspecified atom stereocenters. The molecule has 0 heterocycles. The average molecular weight is 427 g/mol. The second-order valence-corrected chi connectivity index (χ2v) is 8.08. The lowest BCUT2D eigenvalue weighted by Gasteiger charge is -2.35. The monoisotopic (exact) mass is 426 g/mol. The topological polar surface area (TPSA) is 71.0 Å². The third kappa shape index (κ3) is 7.26. The molecule has 1 aliphatic rings. The van der Waals surface area contributed by atoms with Gasteiger partial charge in [-0.3, -0.25) is 9.69 Å². The number of rotatable bonds is 10. The van der Waals surface area contributed by atoms with E-state index in [2.05, 4.69) is 16.3 Å². The van der Waals surface area contributed by atoms with Crippen LogP contribution in [0, 0.1) is 0 Å². The van der Waals surface area contributed by atoms with Gasteiger partial charge in [0.15, 0.2) is 0 Å². The van der Waals surface area contributed by atoms with Gasteiger partial charge in [-0.1, -0.05) is 24.3 Å². The minimum absolute atomic E-state index is 0.00386. The smallest absolute Gasteiger partial charge is 0.234 e. The van der Waals surface area contributed by atoms with Crippen LogP contribution >= 0.6 is 0 Å². The molecule has 0 saturated heterocycles. The standard InChI is InChI=1S/C25H34N2O4/c1-3-31-24-9-4-6-19(14-24)16-26-25(29)18-27(21-10-12-22(28)13-11-21)17-20-7-5-8-23(15-20)30-2/h4-9,14-15,21-22,28H,3,10-13,16-18H2,1-2H3,(H,26,29). The number of benzene rings is 2. The molecule has 0 atom stereocenters. The van der Waals surface area contributed by atoms with Crippen LogP contribution in [0.3, 0.4) is 0 Å². The van der Waals surface area contributed by atoms with Gasteiger partial charge in [-0.2, -0.15) is 0 Å². The molecular weight excluding hydrogens is 392 g/mol. The van der Waals surface area contributed by atoms with Crippen molar-refractivity contribution in [3.05, 3.63) is 59.7 Å². The Morgan fingerprint density at radius 3 is 2.45 bits per heavy atom. The van der Waals surface area contributed by atoms with E-state index in [-0.39, 0.29) is 18.1 Å². The fraction of sp³-hybridized carbons (Fsp3) is 0.480. The van der Waals surface area contributed by atoms with Crippen LogP contribution in [0.25, 0.3) is 0 Å². The van der Waals surface area contributed by atoms with Crippen LogP contribution in [0.1, 0.15) is 43.7 Å². The number of carbonyl (C=O) groups is 1. The van der Waals surface area contributed by atoms with Gasteiger partial charge in [0, 0.05) is 19.1 Å². The minimum atomic E-state index is -0.221. The van der Waals surface area contributed by atoms with Gasteiger partial charge in [0.1, 0.15) is 11.5 Å². The van der Waals surface area contributed by atoms with E-state index in [0.29, 0.717) is 26.2 Å². The molecule has 0 aliphatic heterocycles. The number of aliphatic hydroxyl groups is 1. The highest BCUT2D eigenvalue weighted by Crippen LogP contribution is 2.25. The fourth-order valence-electron chi connectivity index (χ4n) is 4.10. The molecule has 3 rings (SSSR count). The Morgan fingerprint density at radius 1 is 1.06 bits per heavy atom. The molecule has 6 nitrogen and oxygen atoms in total. The first-order valence-corrected chi connectivity index (χ1v) is 11.1. The van der Waals surface area contributed by atoms with Gasteiger partial charge in [-0.05, 0) is 68.0 Å². The molecule has 2 N–H and O–H groups in total. The normalized spacial score (nSPS) is 18.6. The molecular formula is C25H34N2O4. The van der Waals surface area contributed by atoms with E-state index in [1.165, 1.54) is 0 Å². The van der Waals surface area contributed by atoms with Gasteiger partial charge >= 0.3 is 0 Å². The van der Waals surface area contributed by atoms with Crippen LogP contribution in [-0.4, -0.2) is 48.3 Å². The number of methoxy groups -OCH3 is 1. The van der Waals surface area contributed by atoms with Crippen molar-refractivity contribution in [2.24, 2.45) is 0 Å². The van der Waals surface area contributed by atoms with Crippen molar-refractivity contribution in [2.75, 3.05) is 20.3 Å². The van der Waals surface area contributed by atoms with E-state index in [1.54, 1.807) is 7.11 Å². The number of ether oxygens (including phenoxy) is 2. The molecule has 0 bridgehead atoms. The molecule has 0 radical (unpaired) electrons. The molecule has 2 aromatic carbocycles. The Kier molecular flexibility index (Phi) is 8.74. The van der Waals surface area contributed by atoms with E-state index in [0.717, 1.165) is 48.3 Å². The summed E-state index contributed by atoms with van der Waals surface area (Å²) in [6.07, 6.45) is 3.14. The lowest BCUT2D eigenvalue weighted by molar-refractivity contribution is -0.123. The number of carbonyl (C=O) groups excluding carboxylic acids is 1. The molecule has 1 fully saturated rings. The first-order valence-electron chi connectivity index (χ1n) is 11.1. The zero-order valence-corrected chi connectivity index (χ0v) is 18.5. The third-order valence-electron chi connectivity index (χ3n) is 5.75. The summed E-state index contributed by atoms with van der Waals surface area (Å²) < 4.78 is 10.9. The highest BCUT2D eigenvalue weighted by molar-refractivity contribution is 5.78. The van der Waals surface area contributed by atoms with Gasteiger partial charge in [0.25, 0.3) is 0 Å². The van der Waals surface area contributed by atoms with Gasteiger partial charge in [0.2, 0.25) is 5.91 Å². The summed E-state index contributed by atoms with van der Waals surface area (Å²) >= 11 is 0. The Morgan fingerprint density at radius 2 is 1.74 bits per heavy atom. The second kappa shape index (κ2) is 11.7. The lowest BCUT2D eigenvalue weighted by Crippen LogP contribution is -2.44. The Bertz CT molecular complexity index is 834. The average Bonchev–Trinajstić information content (AvgIpc) is 2.78. The SMILES string of the molecule is CCOc1cccc(CNC(=O)CN(Cc2cccc(OC)c2)C2CCC(O)CC2)c1. The molecule has 1 aliphatic carbocycles. The summed E-state index contributed by atoms with van der Waals surface area (Å²) in [7, 11) is 1.66. The summed E-state index contributed by atoms with van der Waals surface area (Å²) in [6.45, 7) is 4.03. The zero-order chi connectivity index (χ0) is 22.1. The van der Waals surface area contributed by atoms with Gasteiger partial charge < -0.3 is 19.9 Å². The lowest BCUT2D eigenvalue weighted by atomic mass is 9.91. The van der Waals surface area contributed by atoms with Gasteiger partial charge in [-0.15, -0.1) is 0 Å². The number of hydrogen-bond donors (Lipinski definition) is 2. The molecule has 1 amide bonds. The first-order chi connectivity index (χ1) is 15.1. The number of hydrogen-bond acceptors (Lipinski definition) is 5. The highest BCUT2D eigenvalue weighted by Gasteiger charge is 2.26. The van der Waals surface area contributed by atoms with Crippen molar-refractivity contribution in [1.29, 1.82) is 0 Å². The van der Waals surface area contributed by atoms with E-state index in [1.807, 2.05) is 49.4 Å². The minimum Gasteiger partial charge on any atom is -0.497 e. The molecule has 6 heteroatoms. The Hall–Kier alpha value is -2.57. The summed E-state index contributed by atoms with van der Waals surface area (Å²) in [5.74, 6) is 1.63. The largest absolute Gasteiger partial charge is 0.497 e. The molecule has 0 spiro atoms. The Balaban J connectivity index is 1.62. The van der Waals surface area contributed by atoms with E-state index in [9.17, 15) is 9.90 Å². The predicted molar refractivity (Wildman–Crippen MR) is 121 cm³/mol. The molecule has 1 saturated carbocycles. The van der Waals surface area contributed by atoms with Crippen LogP contribution in [0.15, 0.2) is 48.5 Å². The van der Waals surface area contributed by atoms with Crippen LogP contribution in [-0.2, 0) is 17.9 Å². The van der Waals surface area contributed by atoms with Crippen molar-refractivity contribution in [1.82, 2.24) is 10.2 Å². The maximum atomic E-state index is 12.8. The summed E-state index contributed by atoms with van der Waals surface area (Å²) in [5.41, 5.74) is 2.13. The summed E-state index contributed by atoms with van der Waals surface area (Å²) in [6, 6.07) is 16.1. The highest BCUT2D eigenvalue weighted by atomic mass is 16.5. The van der Waals surface area contributed by atoms with Crippen LogP contribution in [0.2, 0.25) is 0 Å². The maximum absolute atomic E-state index is 12.8. The van der Waals surface area contributed by atoms with Crippen LogP contribution in [0.4, 0.5) is 0 Å². The van der Waals surface area contributed by atoms with Crippen molar-refractivity contribution in [2.45, 2.75) is 57.8 Å².